The zero-order chi connectivity index (χ0) is 19.4. The molecule has 7 N–H and O–H groups in total. The fourth-order valence-corrected chi connectivity index (χ4v) is 2.32. The van der Waals surface area contributed by atoms with Crippen LogP contribution in [-0.2, 0) is 4.79 Å². The van der Waals surface area contributed by atoms with E-state index in [1.54, 1.807) is 6.92 Å². The number of anilines is 2. The lowest BCUT2D eigenvalue weighted by Crippen LogP contribution is -2.45. The first-order valence-electron chi connectivity index (χ1n) is 7.48. The minimum Gasteiger partial charge on any atom is -0.368 e. The summed E-state index contributed by atoms with van der Waals surface area (Å²) in [5.41, 5.74) is 10.5. The van der Waals surface area contributed by atoms with E-state index in [0.717, 1.165) is 0 Å². The van der Waals surface area contributed by atoms with Crippen molar-refractivity contribution in [3.63, 3.8) is 0 Å². The highest BCUT2D eigenvalue weighted by molar-refractivity contribution is 7.80. The Labute approximate surface area is 151 Å². The van der Waals surface area contributed by atoms with Crippen molar-refractivity contribution >= 4 is 46.4 Å². The number of nitrogens with one attached hydrogen (secondary N) is 3. The standard InChI is InChI=1S/C15H23N7O2S/c1-7(16)5-9(25)22-14-10(12(17)23)19-6-8(21-14)20-11(13(18)24)15(2,3)4/h6,11,16H,5H2,1-4H3,(H2,17,23)(H2,18,24)(H2,20,21,22,25). The Morgan fingerprint density at radius 3 is 2.40 bits per heavy atom. The van der Waals surface area contributed by atoms with Gasteiger partial charge in [0.1, 0.15) is 11.9 Å². The van der Waals surface area contributed by atoms with E-state index in [1.165, 1.54) is 6.20 Å². The van der Waals surface area contributed by atoms with Crippen molar-refractivity contribution < 1.29 is 9.59 Å². The first kappa shape index (κ1) is 20.4. The Hall–Kier alpha value is -2.62. The van der Waals surface area contributed by atoms with E-state index in [4.69, 9.17) is 29.1 Å². The zero-order valence-electron chi connectivity index (χ0n) is 14.6. The van der Waals surface area contributed by atoms with Gasteiger partial charge in [0.15, 0.2) is 11.5 Å². The highest BCUT2D eigenvalue weighted by atomic mass is 32.1. The van der Waals surface area contributed by atoms with Gasteiger partial charge in [-0.15, -0.1) is 0 Å². The molecule has 0 saturated carbocycles. The zero-order valence-corrected chi connectivity index (χ0v) is 15.5. The molecule has 1 aromatic rings. The van der Waals surface area contributed by atoms with Crippen LogP contribution in [0.1, 0.15) is 44.6 Å². The Kier molecular flexibility index (Phi) is 6.51. The number of hydrogen-bond acceptors (Lipinski definition) is 7. The van der Waals surface area contributed by atoms with E-state index in [9.17, 15) is 9.59 Å². The van der Waals surface area contributed by atoms with E-state index in [-0.39, 0.29) is 23.8 Å². The van der Waals surface area contributed by atoms with Crippen molar-refractivity contribution in [1.82, 2.24) is 9.97 Å². The molecule has 2 amide bonds. The van der Waals surface area contributed by atoms with E-state index >= 15 is 0 Å². The second-order valence-electron chi connectivity index (χ2n) is 6.67. The Morgan fingerprint density at radius 2 is 1.96 bits per heavy atom. The smallest absolute Gasteiger partial charge is 0.271 e. The molecular weight excluding hydrogens is 342 g/mol. The third-order valence-corrected chi connectivity index (χ3v) is 3.38. The van der Waals surface area contributed by atoms with Gasteiger partial charge in [0.2, 0.25) is 5.91 Å². The van der Waals surface area contributed by atoms with Gasteiger partial charge >= 0.3 is 0 Å². The van der Waals surface area contributed by atoms with Crippen LogP contribution in [0.3, 0.4) is 0 Å². The van der Waals surface area contributed by atoms with Gasteiger partial charge in [-0.25, -0.2) is 9.97 Å². The van der Waals surface area contributed by atoms with Gasteiger partial charge in [0.05, 0.1) is 11.2 Å². The summed E-state index contributed by atoms with van der Waals surface area (Å²) in [5, 5.41) is 13.1. The average Bonchev–Trinajstić information content (AvgIpc) is 2.41. The maximum atomic E-state index is 11.7. The molecule has 1 unspecified atom stereocenters. The van der Waals surface area contributed by atoms with Crippen LogP contribution in [0.25, 0.3) is 0 Å². The molecule has 0 aliphatic heterocycles. The molecule has 0 aromatic carbocycles. The molecular formula is C15H23N7O2S. The molecule has 0 spiro atoms. The quantitative estimate of drug-likeness (QED) is 0.356. The summed E-state index contributed by atoms with van der Waals surface area (Å²) in [5.74, 6) is -1.03. The SMILES string of the molecule is CC(=N)CC(=S)Nc1nc(NC(C(N)=O)C(C)(C)C)cnc1C(N)=O. The number of rotatable bonds is 7. The number of primary amides is 2. The maximum Gasteiger partial charge on any atom is 0.271 e. The first-order chi connectivity index (χ1) is 11.4. The van der Waals surface area contributed by atoms with Gasteiger partial charge in [-0.3, -0.25) is 9.59 Å². The number of carbonyl (C=O) groups excluding carboxylic acids is 2. The van der Waals surface area contributed by atoms with Crippen LogP contribution in [0.2, 0.25) is 0 Å². The van der Waals surface area contributed by atoms with Gasteiger partial charge in [-0.2, -0.15) is 0 Å². The van der Waals surface area contributed by atoms with E-state index in [2.05, 4.69) is 20.6 Å². The van der Waals surface area contributed by atoms with Crippen molar-refractivity contribution in [1.29, 1.82) is 5.41 Å². The van der Waals surface area contributed by atoms with Crippen LogP contribution in [-0.4, -0.2) is 38.5 Å². The Balaban J connectivity index is 3.17. The summed E-state index contributed by atoms with van der Waals surface area (Å²) in [4.78, 5) is 31.7. The molecule has 1 atom stereocenters. The first-order valence-corrected chi connectivity index (χ1v) is 7.89. The highest BCUT2D eigenvalue weighted by Crippen LogP contribution is 2.23. The molecule has 9 nitrogen and oxygen atoms in total. The molecule has 1 aromatic heterocycles. The Bertz CT molecular complexity index is 712. The van der Waals surface area contributed by atoms with Crippen LogP contribution >= 0.6 is 12.2 Å². The van der Waals surface area contributed by atoms with Crippen molar-refractivity contribution in [2.75, 3.05) is 10.6 Å². The number of hydrogen-bond donors (Lipinski definition) is 5. The van der Waals surface area contributed by atoms with Gasteiger partial charge in [-0.05, 0) is 12.3 Å². The summed E-state index contributed by atoms with van der Waals surface area (Å²) in [7, 11) is 0. The third-order valence-electron chi connectivity index (χ3n) is 3.13. The van der Waals surface area contributed by atoms with Crippen molar-refractivity contribution in [3.05, 3.63) is 11.9 Å². The molecule has 0 aliphatic carbocycles. The number of nitrogens with two attached hydrogens (primary N) is 2. The van der Waals surface area contributed by atoms with Crippen molar-refractivity contribution in [2.45, 2.75) is 40.2 Å². The van der Waals surface area contributed by atoms with Crippen LogP contribution in [0.4, 0.5) is 11.6 Å². The van der Waals surface area contributed by atoms with Crippen LogP contribution in [0.15, 0.2) is 6.20 Å². The molecule has 25 heavy (non-hydrogen) atoms. The minimum atomic E-state index is -0.779. The van der Waals surface area contributed by atoms with E-state index < -0.39 is 23.3 Å². The summed E-state index contributed by atoms with van der Waals surface area (Å²) in [6.07, 6.45) is 1.50. The van der Waals surface area contributed by atoms with E-state index in [1.807, 2.05) is 20.8 Å². The number of amides is 2. The fraction of sp³-hybridized carbons (Fsp3) is 0.467. The van der Waals surface area contributed by atoms with Gasteiger partial charge < -0.3 is 27.5 Å². The van der Waals surface area contributed by atoms with Crippen LogP contribution in [0.5, 0.6) is 0 Å². The molecule has 0 saturated heterocycles. The predicted octanol–water partition coefficient (Wildman–Crippen LogP) is 1.06. The summed E-state index contributed by atoms with van der Waals surface area (Å²) in [6.45, 7) is 7.15. The lowest BCUT2D eigenvalue weighted by Gasteiger charge is -2.29. The fourth-order valence-electron chi connectivity index (χ4n) is 2.01. The summed E-state index contributed by atoms with van der Waals surface area (Å²) >= 11 is 5.12. The molecule has 0 bridgehead atoms. The predicted molar refractivity (Wildman–Crippen MR) is 101 cm³/mol. The number of carbonyl (C=O) groups is 2. The molecule has 0 radical (unpaired) electrons. The monoisotopic (exact) mass is 365 g/mol. The van der Waals surface area contributed by atoms with Gasteiger partial charge in [0, 0.05) is 12.1 Å². The average molecular weight is 365 g/mol. The molecule has 1 rings (SSSR count). The number of nitrogens with zero attached hydrogens (tertiary/aromatic N) is 2. The Morgan fingerprint density at radius 1 is 1.36 bits per heavy atom. The molecule has 136 valence electrons. The molecule has 0 fully saturated rings. The maximum absolute atomic E-state index is 11.7. The highest BCUT2D eigenvalue weighted by Gasteiger charge is 2.30. The largest absolute Gasteiger partial charge is 0.368 e. The van der Waals surface area contributed by atoms with Crippen molar-refractivity contribution in [2.24, 2.45) is 16.9 Å². The summed E-state index contributed by atoms with van der Waals surface area (Å²) < 4.78 is 0. The third kappa shape index (κ3) is 6.07. The topological polar surface area (TPSA) is 160 Å². The van der Waals surface area contributed by atoms with Crippen LogP contribution < -0.4 is 22.1 Å². The molecule has 10 heteroatoms. The number of thiocarbonyl (C=S) groups is 1. The number of aromatic nitrogens is 2. The molecule has 0 aliphatic rings. The minimum absolute atomic E-state index is 0.0564. The normalized spacial score (nSPS) is 12.2. The van der Waals surface area contributed by atoms with Crippen molar-refractivity contribution in [3.8, 4) is 0 Å². The lowest BCUT2D eigenvalue weighted by atomic mass is 9.86. The van der Waals surface area contributed by atoms with E-state index in [0.29, 0.717) is 10.7 Å². The summed E-state index contributed by atoms with van der Waals surface area (Å²) in [6, 6.07) is -0.704. The molecule has 1 heterocycles. The lowest BCUT2D eigenvalue weighted by molar-refractivity contribution is -0.120. The van der Waals surface area contributed by atoms with Gasteiger partial charge in [-0.1, -0.05) is 33.0 Å². The van der Waals surface area contributed by atoms with Gasteiger partial charge in [0.25, 0.3) is 5.91 Å². The second kappa shape index (κ2) is 7.97. The van der Waals surface area contributed by atoms with Crippen LogP contribution in [0, 0.1) is 10.8 Å². The second-order valence-corrected chi connectivity index (χ2v) is 7.16.